The highest BCUT2D eigenvalue weighted by molar-refractivity contribution is 5.94. The predicted molar refractivity (Wildman–Crippen MR) is 69.2 cm³/mol. The van der Waals surface area contributed by atoms with Gasteiger partial charge in [-0.3, -0.25) is 9.59 Å². The van der Waals surface area contributed by atoms with Gasteiger partial charge in [0, 0.05) is 5.56 Å². The SMILES string of the molecule is C/C=C(\C=O)NC(=O)c1ncc(-c2ccccc2)o1. The van der Waals surface area contributed by atoms with Crippen LogP contribution in [-0.4, -0.2) is 17.2 Å². The van der Waals surface area contributed by atoms with Gasteiger partial charge in [-0.25, -0.2) is 4.98 Å². The van der Waals surface area contributed by atoms with Crippen LogP contribution in [0.5, 0.6) is 0 Å². The Balaban J connectivity index is 2.18. The number of nitrogens with zero attached hydrogens (tertiary/aromatic N) is 1. The number of aromatic nitrogens is 1. The van der Waals surface area contributed by atoms with Crippen molar-refractivity contribution in [2.24, 2.45) is 0 Å². The van der Waals surface area contributed by atoms with Crippen LogP contribution in [0.2, 0.25) is 0 Å². The largest absolute Gasteiger partial charge is 0.432 e. The number of amides is 1. The van der Waals surface area contributed by atoms with Crippen molar-refractivity contribution in [2.75, 3.05) is 0 Å². The topological polar surface area (TPSA) is 72.2 Å². The maximum absolute atomic E-state index is 11.8. The minimum absolute atomic E-state index is 0.0833. The van der Waals surface area contributed by atoms with Gasteiger partial charge < -0.3 is 9.73 Å². The highest BCUT2D eigenvalue weighted by Crippen LogP contribution is 2.19. The van der Waals surface area contributed by atoms with Gasteiger partial charge in [0.2, 0.25) is 0 Å². The van der Waals surface area contributed by atoms with Gasteiger partial charge in [-0.15, -0.1) is 0 Å². The molecule has 0 radical (unpaired) electrons. The molecule has 1 aromatic carbocycles. The zero-order valence-electron chi connectivity index (χ0n) is 10.3. The molecule has 2 rings (SSSR count). The maximum Gasteiger partial charge on any atom is 0.311 e. The molecule has 1 aromatic heterocycles. The number of oxazole rings is 1. The predicted octanol–water partition coefficient (Wildman–Crippen LogP) is 2.17. The van der Waals surface area contributed by atoms with Crippen LogP contribution in [0.15, 0.2) is 52.7 Å². The normalized spacial score (nSPS) is 11.1. The summed E-state index contributed by atoms with van der Waals surface area (Å²) in [5.74, 6) is -0.138. The van der Waals surface area contributed by atoms with Gasteiger partial charge in [-0.1, -0.05) is 36.4 Å². The van der Waals surface area contributed by atoms with Gasteiger partial charge in [0.25, 0.3) is 5.89 Å². The fourth-order valence-corrected chi connectivity index (χ4v) is 1.47. The number of hydrogen-bond donors (Lipinski definition) is 1. The summed E-state index contributed by atoms with van der Waals surface area (Å²) in [6.07, 6.45) is 3.52. The Kier molecular flexibility index (Phi) is 3.87. The average Bonchev–Trinajstić information content (AvgIpc) is 2.95. The van der Waals surface area contributed by atoms with E-state index in [9.17, 15) is 9.59 Å². The molecule has 0 atom stereocenters. The van der Waals surface area contributed by atoms with Crippen LogP contribution in [0.3, 0.4) is 0 Å². The Morgan fingerprint density at radius 3 is 2.68 bits per heavy atom. The van der Waals surface area contributed by atoms with E-state index in [2.05, 4.69) is 10.3 Å². The molecule has 0 unspecified atom stereocenters. The zero-order chi connectivity index (χ0) is 13.7. The lowest BCUT2D eigenvalue weighted by Gasteiger charge is -1.99. The Hall–Kier alpha value is -2.69. The molecule has 0 bridgehead atoms. The van der Waals surface area contributed by atoms with Gasteiger partial charge in [0.15, 0.2) is 12.0 Å². The Bertz CT molecular complexity index is 615. The van der Waals surface area contributed by atoms with Crippen molar-refractivity contribution in [3.63, 3.8) is 0 Å². The second-order valence-electron chi connectivity index (χ2n) is 3.71. The van der Waals surface area contributed by atoms with Crippen molar-refractivity contribution in [2.45, 2.75) is 6.92 Å². The molecule has 0 aliphatic carbocycles. The lowest BCUT2D eigenvalue weighted by molar-refractivity contribution is -0.105. The van der Waals surface area contributed by atoms with E-state index < -0.39 is 5.91 Å². The molecule has 5 heteroatoms. The number of carbonyl (C=O) groups excluding carboxylic acids is 2. The number of allylic oxidation sites excluding steroid dienone is 2. The molecule has 5 nitrogen and oxygen atoms in total. The van der Waals surface area contributed by atoms with Crippen molar-refractivity contribution in [3.8, 4) is 11.3 Å². The van der Waals surface area contributed by atoms with Crippen molar-refractivity contribution in [1.29, 1.82) is 0 Å². The number of rotatable bonds is 4. The third-order valence-electron chi connectivity index (χ3n) is 2.45. The van der Waals surface area contributed by atoms with Gasteiger partial charge in [0.1, 0.15) is 0 Å². The molecule has 0 spiro atoms. The van der Waals surface area contributed by atoms with Crippen LogP contribution >= 0.6 is 0 Å². The molecular weight excluding hydrogens is 244 g/mol. The van der Waals surface area contributed by atoms with Gasteiger partial charge in [0.05, 0.1) is 11.9 Å². The molecule has 96 valence electrons. The average molecular weight is 256 g/mol. The van der Waals surface area contributed by atoms with Crippen LogP contribution in [0.25, 0.3) is 11.3 Å². The number of aldehydes is 1. The summed E-state index contributed by atoms with van der Waals surface area (Å²) in [4.78, 5) is 26.2. The first-order valence-electron chi connectivity index (χ1n) is 5.68. The fraction of sp³-hybridized carbons (Fsp3) is 0.0714. The van der Waals surface area contributed by atoms with E-state index in [0.29, 0.717) is 12.0 Å². The Morgan fingerprint density at radius 2 is 2.05 bits per heavy atom. The third kappa shape index (κ3) is 2.95. The van der Waals surface area contributed by atoms with Crippen molar-refractivity contribution in [1.82, 2.24) is 10.3 Å². The van der Waals surface area contributed by atoms with Crippen LogP contribution in [-0.2, 0) is 4.79 Å². The third-order valence-corrected chi connectivity index (χ3v) is 2.45. The molecule has 0 saturated heterocycles. The summed E-state index contributed by atoms with van der Waals surface area (Å²) >= 11 is 0. The highest BCUT2D eigenvalue weighted by atomic mass is 16.4. The van der Waals surface area contributed by atoms with Crippen LogP contribution < -0.4 is 5.32 Å². The summed E-state index contributed by atoms with van der Waals surface area (Å²) in [7, 11) is 0. The molecule has 0 aliphatic rings. The number of benzene rings is 1. The molecule has 0 aliphatic heterocycles. The Labute approximate surface area is 110 Å². The fourth-order valence-electron chi connectivity index (χ4n) is 1.47. The van der Waals surface area contributed by atoms with Crippen molar-refractivity contribution in [3.05, 3.63) is 54.2 Å². The summed E-state index contributed by atoms with van der Waals surface area (Å²) in [5.41, 5.74) is 1.00. The monoisotopic (exact) mass is 256 g/mol. The van der Waals surface area contributed by atoms with E-state index in [1.54, 1.807) is 6.92 Å². The van der Waals surface area contributed by atoms with E-state index in [1.165, 1.54) is 12.3 Å². The lowest BCUT2D eigenvalue weighted by atomic mass is 10.2. The first-order valence-corrected chi connectivity index (χ1v) is 5.68. The molecule has 1 N–H and O–H groups in total. The van der Waals surface area contributed by atoms with Gasteiger partial charge >= 0.3 is 5.91 Å². The molecule has 1 heterocycles. The van der Waals surface area contributed by atoms with Crippen molar-refractivity contribution >= 4 is 12.2 Å². The van der Waals surface area contributed by atoms with Crippen molar-refractivity contribution < 1.29 is 14.0 Å². The lowest BCUT2D eigenvalue weighted by Crippen LogP contribution is -2.23. The van der Waals surface area contributed by atoms with Gasteiger partial charge in [-0.05, 0) is 6.92 Å². The summed E-state index contributed by atoms with van der Waals surface area (Å²) in [5, 5.41) is 2.40. The van der Waals surface area contributed by atoms with Gasteiger partial charge in [-0.2, -0.15) is 0 Å². The van der Waals surface area contributed by atoms with E-state index in [4.69, 9.17) is 4.42 Å². The summed E-state index contributed by atoms with van der Waals surface area (Å²) in [6.45, 7) is 1.65. The first kappa shape index (κ1) is 12.8. The second-order valence-corrected chi connectivity index (χ2v) is 3.71. The van der Waals surface area contributed by atoms with E-state index in [0.717, 1.165) is 5.56 Å². The molecular formula is C14H12N2O3. The zero-order valence-corrected chi connectivity index (χ0v) is 10.3. The van der Waals surface area contributed by atoms with E-state index in [-0.39, 0.29) is 11.6 Å². The van der Waals surface area contributed by atoms with E-state index >= 15 is 0 Å². The quantitative estimate of drug-likeness (QED) is 0.672. The van der Waals surface area contributed by atoms with Crippen LogP contribution in [0, 0.1) is 0 Å². The number of carbonyl (C=O) groups is 2. The minimum Gasteiger partial charge on any atom is -0.432 e. The minimum atomic E-state index is -0.553. The number of nitrogens with one attached hydrogen (secondary N) is 1. The van der Waals surface area contributed by atoms with Crippen LogP contribution in [0.1, 0.15) is 17.6 Å². The standard InChI is InChI=1S/C14H12N2O3/c1-2-11(9-17)16-13(18)14-15-8-12(19-14)10-6-4-3-5-7-10/h2-9H,1H3,(H,16,18)/b11-2+. The first-order chi connectivity index (χ1) is 9.24. The van der Waals surface area contributed by atoms with E-state index in [1.807, 2.05) is 30.3 Å². The second kappa shape index (κ2) is 5.77. The molecule has 2 aromatic rings. The maximum atomic E-state index is 11.8. The Morgan fingerprint density at radius 1 is 1.32 bits per heavy atom. The number of hydrogen-bond acceptors (Lipinski definition) is 4. The smallest absolute Gasteiger partial charge is 0.311 e. The summed E-state index contributed by atoms with van der Waals surface area (Å²) in [6, 6.07) is 9.32. The summed E-state index contributed by atoms with van der Waals surface area (Å²) < 4.78 is 5.36. The highest BCUT2D eigenvalue weighted by Gasteiger charge is 2.14. The van der Waals surface area contributed by atoms with Crippen LogP contribution in [0.4, 0.5) is 0 Å². The molecule has 19 heavy (non-hydrogen) atoms. The molecule has 1 amide bonds. The molecule has 0 saturated carbocycles. The molecule has 0 fully saturated rings.